The Morgan fingerprint density at radius 2 is 1.22 bits per heavy atom. The van der Waals surface area contributed by atoms with Crippen LogP contribution in [-0.4, -0.2) is 39.9 Å². The van der Waals surface area contributed by atoms with Crippen LogP contribution in [0, 0.1) is 10.8 Å². The minimum atomic E-state index is 0. The molecule has 0 atom stereocenters. The van der Waals surface area contributed by atoms with Crippen molar-refractivity contribution in [3.8, 4) is 0 Å². The van der Waals surface area contributed by atoms with E-state index in [1.807, 2.05) is 11.8 Å². The Morgan fingerprint density at radius 1 is 0.815 bits per heavy atom. The summed E-state index contributed by atoms with van der Waals surface area (Å²) in [6.45, 7) is 3.53. The SMILES string of the molecule is CC(=O)C1(CCCCBr)CCC1.CSCCCCC1(C(C)=O)CCC1.O.O. The fourth-order valence-electron chi connectivity index (χ4n) is 4.03. The molecule has 27 heavy (non-hydrogen) atoms. The van der Waals surface area contributed by atoms with Crippen LogP contribution < -0.4 is 0 Å². The summed E-state index contributed by atoms with van der Waals surface area (Å²) < 4.78 is 0. The van der Waals surface area contributed by atoms with Crippen LogP contribution in [0.25, 0.3) is 0 Å². The number of hydrogen-bond donors (Lipinski definition) is 0. The van der Waals surface area contributed by atoms with Gasteiger partial charge in [-0.05, 0) is 77.2 Å². The van der Waals surface area contributed by atoms with Gasteiger partial charge in [0.1, 0.15) is 11.6 Å². The van der Waals surface area contributed by atoms with Gasteiger partial charge in [0.15, 0.2) is 0 Å². The lowest BCUT2D eigenvalue weighted by molar-refractivity contribution is -0.132. The van der Waals surface area contributed by atoms with Crippen molar-refractivity contribution >= 4 is 39.3 Å². The normalized spacial score (nSPS) is 18.4. The molecule has 0 aromatic carbocycles. The quantitative estimate of drug-likeness (QED) is 0.317. The van der Waals surface area contributed by atoms with Crippen LogP contribution >= 0.6 is 27.7 Å². The van der Waals surface area contributed by atoms with E-state index in [0.29, 0.717) is 11.6 Å². The molecule has 0 bridgehead atoms. The second kappa shape index (κ2) is 15.0. The highest BCUT2D eigenvalue weighted by molar-refractivity contribution is 9.09. The molecule has 0 spiro atoms. The monoisotopic (exact) mass is 468 g/mol. The number of carbonyl (C=O) groups is 2. The fourth-order valence-corrected chi connectivity index (χ4v) is 4.92. The first-order valence-electron chi connectivity index (χ1n) is 9.99. The summed E-state index contributed by atoms with van der Waals surface area (Å²) in [6.07, 6.45) is 16.4. The summed E-state index contributed by atoms with van der Waals surface area (Å²) in [5.74, 6) is 2.10. The van der Waals surface area contributed by atoms with Gasteiger partial charge < -0.3 is 11.0 Å². The van der Waals surface area contributed by atoms with Crippen molar-refractivity contribution < 1.29 is 20.5 Å². The lowest BCUT2D eigenvalue weighted by atomic mass is 9.63. The molecule has 0 aromatic heterocycles. The maximum atomic E-state index is 11.4. The Bertz CT molecular complexity index is 420. The molecule has 2 aliphatic rings. The van der Waals surface area contributed by atoms with Crippen LogP contribution in [0.5, 0.6) is 0 Å². The number of unbranched alkanes of at least 4 members (excludes halogenated alkanes) is 2. The largest absolute Gasteiger partial charge is 0.412 e. The van der Waals surface area contributed by atoms with Gasteiger partial charge in [0.05, 0.1) is 0 Å². The predicted octanol–water partition coefficient (Wildman–Crippen LogP) is 4.94. The van der Waals surface area contributed by atoms with Gasteiger partial charge in [0.2, 0.25) is 0 Å². The first-order chi connectivity index (χ1) is 11.9. The summed E-state index contributed by atoms with van der Waals surface area (Å²) in [5.41, 5.74) is 0.237. The van der Waals surface area contributed by atoms with Crippen molar-refractivity contribution in [3.63, 3.8) is 0 Å². The molecule has 0 heterocycles. The lowest BCUT2D eigenvalue weighted by Crippen LogP contribution is -2.36. The molecule has 4 N–H and O–H groups in total. The third-order valence-corrected chi connectivity index (χ3v) is 7.67. The summed E-state index contributed by atoms with van der Waals surface area (Å²) in [6, 6.07) is 0. The molecule has 0 radical (unpaired) electrons. The van der Waals surface area contributed by atoms with Crippen LogP contribution in [0.4, 0.5) is 0 Å². The zero-order valence-electron chi connectivity index (χ0n) is 17.5. The van der Waals surface area contributed by atoms with Crippen LogP contribution in [0.3, 0.4) is 0 Å². The number of alkyl halides is 1. The Balaban J connectivity index is 0. The first-order valence-corrected chi connectivity index (χ1v) is 12.5. The topological polar surface area (TPSA) is 97.1 Å². The molecular weight excluding hydrogens is 428 g/mol. The highest BCUT2D eigenvalue weighted by Gasteiger charge is 2.41. The van der Waals surface area contributed by atoms with Crippen molar-refractivity contribution in [2.75, 3.05) is 17.3 Å². The third-order valence-electron chi connectivity index (χ3n) is 6.41. The number of Topliss-reactive ketones (excluding diaryl/α,β-unsaturated/α-hetero) is 2. The summed E-state index contributed by atoms with van der Waals surface area (Å²) in [4.78, 5) is 22.7. The molecule has 6 heteroatoms. The molecule has 0 aliphatic heterocycles. The van der Waals surface area contributed by atoms with Gasteiger partial charge in [-0.2, -0.15) is 11.8 Å². The number of thioether (sulfide) groups is 1. The smallest absolute Gasteiger partial charge is 0.135 e. The van der Waals surface area contributed by atoms with Gasteiger partial charge in [-0.25, -0.2) is 0 Å². The zero-order valence-corrected chi connectivity index (χ0v) is 19.9. The van der Waals surface area contributed by atoms with E-state index in [0.717, 1.165) is 43.9 Å². The van der Waals surface area contributed by atoms with Crippen molar-refractivity contribution in [1.82, 2.24) is 0 Å². The molecule has 0 saturated heterocycles. The van der Waals surface area contributed by atoms with E-state index < -0.39 is 0 Å². The highest BCUT2D eigenvalue weighted by Crippen LogP contribution is 2.46. The number of hydrogen-bond acceptors (Lipinski definition) is 3. The highest BCUT2D eigenvalue weighted by atomic mass is 79.9. The van der Waals surface area contributed by atoms with Gasteiger partial charge in [-0.15, -0.1) is 0 Å². The summed E-state index contributed by atoms with van der Waals surface area (Å²) in [5, 5.41) is 1.07. The van der Waals surface area contributed by atoms with Gasteiger partial charge in [-0.1, -0.05) is 41.6 Å². The van der Waals surface area contributed by atoms with Crippen LogP contribution in [0.1, 0.15) is 90.9 Å². The maximum absolute atomic E-state index is 11.4. The van der Waals surface area contributed by atoms with E-state index in [-0.39, 0.29) is 21.8 Å². The summed E-state index contributed by atoms with van der Waals surface area (Å²) >= 11 is 5.31. The van der Waals surface area contributed by atoms with Crippen molar-refractivity contribution in [2.45, 2.75) is 90.9 Å². The van der Waals surface area contributed by atoms with E-state index in [4.69, 9.17) is 0 Å². The minimum Gasteiger partial charge on any atom is -0.412 e. The van der Waals surface area contributed by atoms with E-state index in [1.54, 1.807) is 13.8 Å². The fraction of sp³-hybridized carbons (Fsp3) is 0.905. The van der Waals surface area contributed by atoms with E-state index >= 15 is 0 Å². The molecule has 0 aromatic rings. The molecule has 2 fully saturated rings. The number of rotatable bonds is 11. The number of halogens is 1. The Labute approximate surface area is 178 Å². The molecule has 2 aliphatic carbocycles. The standard InChI is InChI=1S/C11H20OS.C10H17BrO.2H2O/c1-10(12)11(7-5-8-11)6-3-4-9-13-2;1-9(12)10(6-4-7-10)5-2-3-8-11;;/h3-9H2,1-2H3;2-8H2,1H3;2*1H2. The van der Waals surface area contributed by atoms with Crippen molar-refractivity contribution in [1.29, 1.82) is 0 Å². The maximum Gasteiger partial charge on any atom is 0.135 e. The van der Waals surface area contributed by atoms with Gasteiger partial charge in [0.25, 0.3) is 0 Å². The van der Waals surface area contributed by atoms with Crippen LogP contribution in [-0.2, 0) is 9.59 Å². The average Bonchev–Trinajstić information content (AvgIpc) is 2.48. The number of carbonyl (C=O) groups excluding carboxylic acids is 2. The van der Waals surface area contributed by atoms with Gasteiger partial charge in [-0.3, -0.25) is 9.59 Å². The minimum absolute atomic E-state index is 0. The van der Waals surface area contributed by atoms with Crippen LogP contribution in [0.15, 0.2) is 0 Å². The molecule has 0 unspecified atom stereocenters. The van der Waals surface area contributed by atoms with Gasteiger partial charge in [0, 0.05) is 16.2 Å². The second-order valence-electron chi connectivity index (χ2n) is 7.98. The Morgan fingerprint density at radius 3 is 1.48 bits per heavy atom. The van der Waals surface area contributed by atoms with Crippen molar-refractivity contribution in [3.05, 3.63) is 0 Å². The van der Waals surface area contributed by atoms with Crippen LogP contribution in [0.2, 0.25) is 0 Å². The predicted molar refractivity (Wildman–Crippen MR) is 121 cm³/mol. The van der Waals surface area contributed by atoms with E-state index in [1.165, 1.54) is 44.3 Å². The zero-order chi connectivity index (χ0) is 18.8. The number of ketones is 2. The molecular formula is C21H41BrO4S. The molecule has 0 amide bonds. The van der Waals surface area contributed by atoms with E-state index in [9.17, 15) is 9.59 Å². The van der Waals surface area contributed by atoms with Crippen molar-refractivity contribution in [2.24, 2.45) is 10.8 Å². The lowest BCUT2D eigenvalue weighted by Gasteiger charge is -2.39. The van der Waals surface area contributed by atoms with E-state index in [2.05, 4.69) is 22.2 Å². The molecule has 4 nitrogen and oxygen atoms in total. The summed E-state index contributed by atoms with van der Waals surface area (Å²) in [7, 11) is 0. The Hall–Kier alpha value is 0.0900. The molecule has 162 valence electrons. The third kappa shape index (κ3) is 8.97. The Kier molecular flexibility index (Phi) is 16.3. The molecule has 2 saturated carbocycles. The molecule has 2 rings (SSSR count). The second-order valence-corrected chi connectivity index (χ2v) is 9.75. The average molecular weight is 470 g/mol. The van der Waals surface area contributed by atoms with Gasteiger partial charge >= 0.3 is 0 Å². The first kappa shape index (κ1) is 29.3.